The predicted molar refractivity (Wildman–Crippen MR) is 93.1 cm³/mol. The van der Waals surface area contributed by atoms with Gasteiger partial charge in [-0.2, -0.15) is 5.26 Å². The molecule has 1 N–H and O–H groups in total. The van der Waals surface area contributed by atoms with Gasteiger partial charge in [0.25, 0.3) is 5.91 Å². The first kappa shape index (κ1) is 15.1. The van der Waals surface area contributed by atoms with E-state index in [4.69, 9.17) is 5.26 Å². The van der Waals surface area contributed by atoms with E-state index in [1.54, 1.807) is 24.3 Å². The highest BCUT2D eigenvalue weighted by molar-refractivity contribution is 8.18. The van der Waals surface area contributed by atoms with E-state index in [-0.39, 0.29) is 5.91 Å². The Balaban J connectivity index is 1.85. The first-order valence-corrected chi connectivity index (χ1v) is 7.82. The van der Waals surface area contributed by atoms with Crippen molar-refractivity contribution in [1.29, 1.82) is 5.26 Å². The molecule has 1 heterocycles. The number of hydrogen-bond donors (Lipinski definition) is 1. The van der Waals surface area contributed by atoms with E-state index in [0.717, 1.165) is 16.8 Å². The zero-order chi connectivity index (χ0) is 16.2. The molecule has 112 valence electrons. The van der Waals surface area contributed by atoms with Gasteiger partial charge in [-0.1, -0.05) is 24.3 Å². The molecule has 5 heteroatoms. The van der Waals surface area contributed by atoms with Crippen LogP contribution in [0.3, 0.4) is 0 Å². The third-order valence-electron chi connectivity index (χ3n) is 3.20. The average molecular weight is 319 g/mol. The summed E-state index contributed by atoms with van der Waals surface area (Å²) >= 11 is 1.30. The summed E-state index contributed by atoms with van der Waals surface area (Å²) in [4.78, 5) is 17.1. The summed E-state index contributed by atoms with van der Waals surface area (Å²) in [7, 11) is 0. The number of nitrogens with zero attached hydrogens (tertiary/aromatic N) is 2. The Labute approximate surface area is 138 Å². The lowest BCUT2D eigenvalue weighted by molar-refractivity contribution is -0.115. The standard InChI is InChI=1S/C18H13N3OS/c1-12-4-2-7-15(8-12)20-18-21-17(22)16(23-18)10-13-5-3-6-14(9-13)11-19/h2-10H,1H3,(H,20,21,22)/b16-10+. The third kappa shape index (κ3) is 3.68. The lowest BCUT2D eigenvalue weighted by Gasteiger charge is -1.97. The smallest absolute Gasteiger partial charge is 0.264 e. The fourth-order valence-corrected chi connectivity index (χ4v) is 2.99. The maximum atomic E-state index is 12.1. The van der Waals surface area contributed by atoms with E-state index in [0.29, 0.717) is 15.6 Å². The van der Waals surface area contributed by atoms with E-state index < -0.39 is 0 Å². The average Bonchev–Trinajstić information content (AvgIpc) is 2.87. The molecular formula is C18H13N3OS. The predicted octanol–water partition coefficient (Wildman–Crippen LogP) is 3.76. The molecule has 4 nitrogen and oxygen atoms in total. The molecule has 1 fully saturated rings. The zero-order valence-electron chi connectivity index (χ0n) is 12.4. The highest BCUT2D eigenvalue weighted by Crippen LogP contribution is 2.28. The number of amides is 1. The molecule has 0 saturated carbocycles. The molecule has 1 amide bonds. The second-order valence-corrected chi connectivity index (χ2v) is 6.09. The van der Waals surface area contributed by atoms with Crippen LogP contribution in [0.2, 0.25) is 0 Å². The first-order chi connectivity index (χ1) is 11.1. The second-order valence-electron chi connectivity index (χ2n) is 5.06. The van der Waals surface area contributed by atoms with Crippen LogP contribution < -0.4 is 5.32 Å². The number of rotatable bonds is 2. The fourth-order valence-electron chi connectivity index (χ4n) is 2.14. The van der Waals surface area contributed by atoms with Gasteiger partial charge in [0.15, 0.2) is 5.17 Å². The summed E-state index contributed by atoms with van der Waals surface area (Å²) in [6, 6.07) is 17.0. The van der Waals surface area contributed by atoms with Crippen LogP contribution in [0.25, 0.3) is 6.08 Å². The summed E-state index contributed by atoms with van der Waals surface area (Å²) in [5, 5.41) is 12.2. The first-order valence-electron chi connectivity index (χ1n) is 7.00. The Morgan fingerprint density at radius 3 is 2.83 bits per heavy atom. The molecule has 0 spiro atoms. The molecule has 0 aliphatic carbocycles. The molecule has 1 saturated heterocycles. The summed E-state index contributed by atoms with van der Waals surface area (Å²) in [5.41, 5.74) is 3.31. The molecule has 3 rings (SSSR count). The van der Waals surface area contributed by atoms with Crippen molar-refractivity contribution in [3.8, 4) is 6.07 Å². The molecule has 1 aliphatic rings. The largest absolute Gasteiger partial charge is 0.300 e. The van der Waals surface area contributed by atoms with Crippen LogP contribution in [-0.4, -0.2) is 11.1 Å². The monoisotopic (exact) mass is 319 g/mol. The summed E-state index contributed by atoms with van der Waals surface area (Å²) in [6.07, 6.45) is 1.76. The van der Waals surface area contributed by atoms with E-state index in [2.05, 4.69) is 16.4 Å². The van der Waals surface area contributed by atoms with E-state index >= 15 is 0 Å². The minimum absolute atomic E-state index is 0.177. The van der Waals surface area contributed by atoms with Gasteiger partial charge in [-0.05, 0) is 60.2 Å². The van der Waals surface area contributed by atoms with E-state index in [9.17, 15) is 4.79 Å². The van der Waals surface area contributed by atoms with Crippen LogP contribution in [-0.2, 0) is 4.79 Å². The van der Waals surface area contributed by atoms with Crippen LogP contribution >= 0.6 is 11.8 Å². The Hall–Kier alpha value is -2.84. The van der Waals surface area contributed by atoms with E-state index in [1.165, 1.54) is 11.8 Å². The molecule has 0 aromatic heterocycles. The SMILES string of the molecule is Cc1cccc(N=C2NC(=O)/C(=C\c3cccc(C#N)c3)S2)c1. The minimum atomic E-state index is -0.177. The Bertz CT molecular complexity index is 878. The van der Waals surface area contributed by atoms with Gasteiger partial charge in [0.05, 0.1) is 22.2 Å². The summed E-state index contributed by atoms with van der Waals surface area (Å²) in [6.45, 7) is 2.00. The minimum Gasteiger partial charge on any atom is -0.300 e. The van der Waals surface area contributed by atoms with Crippen LogP contribution in [0.1, 0.15) is 16.7 Å². The zero-order valence-corrected chi connectivity index (χ0v) is 13.2. The lowest BCUT2D eigenvalue weighted by Crippen LogP contribution is -2.19. The molecule has 0 bridgehead atoms. The number of nitrogens with one attached hydrogen (secondary N) is 1. The van der Waals surface area contributed by atoms with Crippen molar-refractivity contribution in [2.45, 2.75) is 6.92 Å². The number of amidine groups is 1. The maximum Gasteiger partial charge on any atom is 0.264 e. The lowest BCUT2D eigenvalue weighted by atomic mass is 10.1. The number of hydrogen-bond acceptors (Lipinski definition) is 4. The Kier molecular flexibility index (Phi) is 4.26. The van der Waals surface area contributed by atoms with Gasteiger partial charge in [0.1, 0.15) is 0 Å². The number of carbonyl (C=O) groups excluding carboxylic acids is 1. The molecule has 0 radical (unpaired) electrons. The van der Waals surface area contributed by atoms with Gasteiger partial charge in [0.2, 0.25) is 0 Å². The number of benzene rings is 2. The normalized spacial score (nSPS) is 17.3. The van der Waals surface area contributed by atoms with Crippen molar-refractivity contribution in [1.82, 2.24) is 5.32 Å². The van der Waals surface area contributed by atoms with Crippen molar-refractivity contribution in [2.24, 2.45) is 4.99 Å². The van der Waals surface area contributed by atoms with Crippen molar-refractivity contribution < 1.29 is 4.79 Å². The third-order valence-corrected chi connectivity index (χ3v) is 4.11. The molecule has 2 aromatic rings. The second kappa shape index (κ2) is 6.51. The highest BCUT2D eigenvalue weighted by atomic mass is 32.2. The van der Waals surface area contributed by atoms with Crippen molar-refractivity contribution in [2.75, 3.05) is 0 Å². The van der Waals surface area contributed by atoms with Crippen molar-refractivity contribution >= 4 is 34.6 Å². The molecule has 0 unspecified atom stereocenters. The summed E-state index contributed by atoms with van der Waals surface area (Å²) < 4.78 is 0. The van der Waals surface area contributed by atoms with Gasteiger partial charge in [0, 0.05) is 0 Å². The van der Waals surface area contributed by atoms with Gasteiger partial charge >= 0.3 is 0 Å². The highest BCUT2D eigenvalue weighted by Gasteiger charge is 2.23. The topological polar surface area (TPSA) is 65.2 Å². The number of nitriles is 1. The summed E-state index contributed by atoms with van der Waals surface area (Å²) in [5.74, 6) is -0.177. The Morgan fingerprint density at radius 1 is 1.22 bits per heavy atom. The van der Waals surface area contributed by atoms with Crippen LogP contribution in [0.15, 0.2) is 58.4 Å². The Morgan fingerprint density at radius 2 is 2.04 bits per heavy atom. The molecule has 0 atom stereocenters. The van der Waals surface area contributed by atoms with Gasteiger partial charge in [-0.25, -0.2) is 4.99 Å². The molecular weight excluding hydrogens is 306 g/mol. The van der Waals surface area contributed by atoms with Crippen LogP contribution in [0.4, 0.5) is 5.69 Å². The number of aliphatic imine (C=N–C) groups is 1. The number of carbonyl (C=O) groups is 1. The van der Waals surface area contributed by atoms with Crippen LogP contribution in [0.5, 0.6) is 0 Å². The fraction of sp³-hybridized carbons (Fsp3) is 0.0556. The molecule has 1 aliphatic heterocycles. The van der Waals surface area contributed by atoms with Crippen molar-refractivity contribution in [3.63, 3.8) is 0 Å². The molecule has 2 aromatic carbocycles. The molecule has 23 heavy (non-hydrogen) atoms. The number of aryl methyl sites for hydroxylation is 1. The maximum absolute atomic E-state index is 12.1. The number of thioether (sulfide) groups is 1. The van der Waals surface area contributed by atoms with Crippen LogP contribution in [0, 0.1) is 18.3 Å². The van der Waals surface area contributed by atoms with E-state index in [1.807, 2.05) is 37.3 Å². The quantitative estimate of drug-likeness (QED) is 0.857. The van der Waals surface area contributed by atoms with Gasteiger partial charge < -0.3 is 5.32 Å². The van der Waals surface area contributed by atoms with Gasteiger partial charge in [-0.15, -0.1) is 0 Å². The van der Waals surface area contributed by atoms with Gasteiger partial charge in [-0.3, -0.25) is 4.79 Å². The van der Waals surface area contributed by atoms with Crippen molar-refractivity contribution in [3.05, 3.63) is 70.1 Å².